The number of piperidine rings is 1. The minimum absolute atomic E-state index is 0.0939. The van der Waals surface area contributed by atoms with Gasteiger partial charge in [-0.2, -0.15) is 0 Å². The number of likely N-dealkylation sites (tertiary alicyclic amines) is 1. The molecule has 1 aliphatic carbocycles. The van der Waals surface area contributed by atoms with Crippen molar-refractivity contribution >= 4 is 23.6 Å². The summed E-state index contributed by atoms with van der Waals surface area (Å²) in [5.41, 5.74) is -0.192. The van der Waals surface area contributed by atoms with E-state index in [0.29, 0.717) is 12.8 Å². The normalized spacial score (nSPS) is 30.0. The van der Waals surface area contributed by atoms with Crippen molar-refractivity contribution in [2.75, 3.05) is 0 Å². The molecule has 3 aliphatic rings. The number of amides is 4. The predicted molar refractivity (Wildman–Crippen MR) is 68.2 cm³/mol. The highest BCUT2D eigenvalue weighted by molar-refractivity contribution is 6.11. The molecule has 6 nitrogen and oxygen atoms in total. The van der Waals surface area contributed by atoms with E-state index >= 15 is 0 Å². The molecule has 20 heavy (non-hydrogen) atoms. The largest absolute Gasteiger partial charge is 0.295 e. The molecule has 1 unspecified atom stereocenters. The Kier molecular flexibility index (Phi) is 3.11. The van der Waals surface area contributed by atoms with Crippen molar-refractivity contribution < 1.29 is 19.2 Å². The van der Waals surface area contributed by atoms with E-state index in [2.05, 4.69) is 5.32 Å². The zero-order valence-electron chi connectivity index (χ0n) is 11.3. The van der Waals surface area contributed by atoms with Crippen LogP contribution in [-0.4, -0.2) is 34.6 Å². The first kappa shape index (κ1) is 13.3. The molecule has 108 valence electrons. The number of imide groups is 2. The SMILES string of the molecule is O=C1CC(N2C(=O)CC3(CCCCC3)CC2=O)C(=O)N1. The molecular weight excluding hydrogens is 260 g/mol. The fourth-order valence-electron chi connectivity index (χ4n) is 3.77. The first-order chi connectivity index (χ1) is 9.51. The maximum atomic E-state index is 12.3. The van der Waals surface area contributed by atoms with E-state index in [0.717, 1.165) is 37.0 Å². The summed E-state index contributed by atoms with van der Waals surface area (Å²) in [5, 5.41) is 2.15. The van der Waals surface area contributed by atoms with Crippen molar-refractivity contribution in [1.82, 2.24) is 10.2 Å². The van der Waals surface area contributed by atoms with Crippen molar-refractivity contribution in [2.24, 2.45) is 5.41 Å². The third-order valence-electron chi connectivity index (χ3n) is 4.76. The lowest BCUT2D eigenvalue weighted by Crippen LogP contribution is -2.54. The van der Waals surface area contributed by atoms with Gasteiger partial charge in [0.25, 0.3) is 0 Å². The van der Waals surface area contributed by atoms with Crippen LogP contribution in [0, 0.1) is 5.41 Å². The van der Waals surface area contributed by atoms with Gasteiger partial charge in [0.2, 0.25) is 23.6 Å². The van der Waals surface area contributed by atoms with E-state index < -0.39 is 17.9 Å². The molecule has 2 heterocycles. The number of nitrogens with zero attached hydrogens (tertiary/aromatic N) is 1. The molecule has 2 aliphatic heterocycles. The summed E-state index contributed by atoms with van der Waals surface area (Å²) in [7, 11) is 0. The van der Waals surface area contributed by atoms with Crippen LogP contribution in [0.4, 0.5) is 0 Å². The van der Waals surface area contributed by atoms with Crippen molar-refractivity contribution in [3.05, 3.63) is 0 Å². The summed E-state index contributed by atoms with van der Waals surface area (Å²) in [6.07, 6.45) is 5.66. The Morgan fingerprint density at radius 2 is 1.55 bits per heavy atom. The summed E-state index contributed by atoms with van der Waals surface area (Å²) < 4.78 is 0. The minimum Gasteiger partial charge on any atom is -0.295 e. The zero-order chi connectivity index (χ0) is 14.3. The summed E-state index contributed by atoms with van der Waals surface area (Å²) in [4.78, 5) is 48.6. The predicted octanol–water partition coefficient (Wildman–Crippen LogP) is 0.501. The van der Waals surface area contributed by atoms with Gasteiger partial charge in [-0.15, -0.1) is 0 Å². The number of hydrogen-bond donors (Lipinski definition) is 1. The Labute approximate surface area is 116 Å². The van der Waals surface area contributed by atoms with E-state index in [1.165, 1.54) is 0 Å². The molecule has 6 heteroatoms. The van der Waals surface area contributed by atoms with Crippen LogP contribution in [0.3, 0.4) is 0 Å². The lowest BCUT2D eigenvalue weighted by Gasteiger charge is -2.43. The number of nitrogens with one attached hydrogen (secondary N) is 1. The van der Waals surface area contributed by atoms with E-state index in [1.807, 2.05) is 0 Å². The third-order valence-corrected chi connectivity index (χ3v) is 4.76. The monoisotopic (exact) mass is 278 g/mol. The van der Waals surface area contributed by atoms with Crippen molar-refractivity contribution in [2.45, 2.75) is 57.4 Å². The van der Waals surface area contributed by atoms with E-state index in [1.54, 1.807) is 0 Å². The number of hydrogen-bond acceptors (Lipinski definition) is 4. The van der Waals surface area contributed by atoms with Crippen molar-refractivity contribution in [1.29, 1.82) is 0 Å². The molecule has 0 aromatic rings. The van der Waals surface area contributed by atoms with E-state index in [-0.39, 0.29) is 23.7 Å². The van der Waals surface area contributed by atoms with Gasteiger partial charge in [-0.25, -0.2) is 0 Å². The maximum Gasteiger partial charge on any atom is 0.250 e. The number of carbonyl (C=O) groups is 4. The molecule has 1 saturated carbocycles. The first-order valence-corrected chi connectivity index (χ1v) is 7.19. The van der Waals surface area contributed by atoms with Gasteiger partial charge in [-0.1, -0.05) is 19.3 Å². The van der Waals surface area contributed by atoms with Gasteiger partial charge < -0.3 is 0 Å². The molecule has 0 radical (unpaired) electrons. The average molecular weight is 278 g/mol. The Bertz CT molecular complexity index is 473. The Morgan fingerprint density at radius 1 is 0.950 bits per heavy atom. The topological polar surface area (TPSA) is 83.6 Å². The molecule has 3 fully saturated rings. The Balaban J connectivity index is 1.79. The molecule has 4 amide bonds. The second-order valence-corrected chi connectivity index (χ2v) is 6.20. The fraction of sp³-hybridized carbons (Fsp3) is 0.714. The van der Waals surface area contributed by atoms with Crippen LogP contribution in [0.25, 0.3) is 0 Å². The molecule has 1 N–H and O–H groups in total. The molecule has 1 atom stereocenters. The van der Waals surface area contributed by atoms with Crippen LogP contribution < -0.4 is 5.32 Å². The standard InChI is InChI=1S/C14H18N2O4/c17-10-6-9(13(20)15-10)16-11(18)7-14(8-12(16)19)4-2-1-3-5-14/h9H,1-8H2,(H,15,17,20). The number of carbonyl (C=O) groups excluding carboxylic acids is 4. The van der Waals surface area contributed by atoms with Gasteiger partial charge in [-0.05, 0) is 18.3 Å². The summed E-state index contributed by atoms with van der Waals surface area (Å²) in [6.45, 7) is 0. The van der Waals surface area contributed by atoms with Crippen LogP contribution in [0.5, 0.6) is 0 Å². The molecule has 3 rings (SSSR count). The lowest BCUT2D eigenvalue weighted by atomic mass is 9.67. The van der Waals surface area contributed by atoms with Crippen LogP contribution in [-0.2, 0) is 19.2 Å². The highest BCUT2D eigenvalue weighted by Crippen LogP contribution is 2.45. The summed E-state index contributed by atoms with van der Waals surface area (Å²) in [6, 6.07) is -0.927. The summed E-state index contributed by atoms with van der Waals surface area (Å²) >= 11 is 0. The Hall–Kier alpha value is -1.72. The van der Waals surface area contributed by atoms with Crippen LogP contribution in [0.2, 0.25) is 0 Å². The highest BCUT2D eigenvalue weighted by Gasteiger charge is 2.49. The smallest absolute Gasteiger partial charge is 0.250 e. The van der Waals surface area contributed by atoms with Crippen LogP contribution in [0.15, 0.2) is 0 Å². The van der Waals surface area contributed by atoms with Gasteiger partial charge in [0.05, 0.1) is 6.42 Å². The second kappa shape index (κ2) is 4.68. The third kappa shape index (κ3) is 2.13. The maximum absolute atomic E-state index is 12.3. The highest BCUT2D eigenvalue weighted by atomic mass is 16.2. The van der Waals surface area contributed by atoms with Crippen LogP contribution in [0.1, 0.15) is 51.4 Å². The molecule has 0 aromatic heterocycles. The van der Waals surface area contributed by atoms with Gasteiger partial charge in [0, 0.05) is 12.8 Å². The van der Waals surface area contributed by atoms with Gasteiger partial charge in [-0.3, -0.25) is 29.4 Å². The van der Waals surface area contributed by atoms with Gasteiger partial charge in [0.15, 0.2) is 0 Å². The first-order valence-electron chi connectivity index (χ1n) is 7.19. The van der Waals surface area contributed by atoms with Crippen molar-refractivity contribution in [3.63, 3.8) is 0 Å². The molecule has 0 aromatic carbocycles. The van der Waals surface area contributed by atoms with Gasteiger partial charge in [0.1, 0.15) is 6.04 Å². The lowest BCUT2D eigenvalue weighted by molar-refractivity contribution is -0.160. The fourth-order valence-corrected chi connectivity index (χ4v) is 3.77. The van der Waals surface area contributed by atoms with E-state index in [9.17, 15) is 19.2 Å². The second-order valence-electron chi connectivity index (χ2n) is 6.20. The van der Waals surface area contributed by atoms with Crippen LogP contribution >= 0.6 is 0 Å². The average Bonchev–Trinajstić information content (AvgIpc) is 2.68. The number of rotatable bonds is 1. The Morgan fingerprint density at radius 3 is 2.05 bits per heavy atom. The zero-order valence-corrected chi connectivity index (χ0v) is 11.3. The molecule has 1 spiro atoms. The molecule has 2 saturated heterocycles. The quantitative estimate of drug-likeness (QED) is 0.708. The van der Waals surface area contributed by atoms with Gasteiger partial charge >= 0.3 is 0 Å². The minimum atomic E-state index is -0.927. The van der Waals surface area contributed by atoms with E-state index in [4.69, 9.17) is 0 Å². The summed E-state index contributed by atoms with van der Waals surface area (Å²) in [5.74, 6) is -1.54. The molecule has 0 bridgehead atoms. The molecular formula is C14H18N2O4. The van der Waals surface area contributed by atoms with Crippen molar-refractivity contribution in [3.8, 4) is 0 Å².